The summed E-state index contributed by atoms with van der Waals surface area (Å²) in [5, 5.41) is 3.87. The fraction of sp³-hybridized carbons (Fsp3) is 0.207. The lowest BCUT2D eigenvalue weighted by Gasteiger charge is -2.14. The molecule has 6 rings (SSSR count). The third-order valence-corrected chi connectivity index (χ3v) is 6.87. The summed E-state index contributed by atoms with van der Waals surface area (Å²) >= 11 is 0. The second-order valence-corrected chi connectivity index (χ2v) is 9.25. The predicted octanol–water partition coefficient (Wildman–Crippen LogP) is 4.77. The smallest absolute Gasteiger partial charge is 0.439 e. The molecule has 0 fully saturated rings. The third kappa shape index (κ3) is 4.38. The first-order valence-electron chi connectivity index (χ1n) is 12.3. The van der Waals surface area contributed by atoms with Gasteiger partial charge in [-0.15, -0.1) is 0 Å². The van der Waals surface area contributed by atoms with Crippen molar-refractivity contribution in [3.63, 3.8) is 0 Å². The van der Waals surface area contributed by atoms with E-state index >= 15 is 0 Å². The average molecular weight is 529 g/mol. The summed E-state index contributed by atoms with van der Waals surface area (Å²) in [5.74, 6) is 0.329. The molecule has 4 heterocycles. The number of halogens is 1. The molecule has 10 heteroatoms. The standard InChI is InChI=1S/C29H25FN4O5/c1-16(27-32-29(35)39-33-27)26-20-8-6-17(11-18(20)14-38-25-13-19(30)7-9-21(25)26)12-23-22(15-36-2)31-28-24(37-3)5-4-10-34(23)28/h4-11,13H,12,14-15H2,1-3H3,(H,32,33,35)/b26-16+. The monoisotopic (exact) mass is 528 g/mol. The van der Waals surface area contributed by atoms with E-state index in [-0.39, 0.29) is 6.61 Å². The van der Waals surface area contributed by atoms with Crippen LogP contribution in [0.25, 0.3) is 16.8 Å². The number of benzene rings is 2. The predicted molar refractivity (Wildman–Crippen MR) is 141 cm³/mol. The molecule has 0 saturated carbocycles. The molecule has 0 saturated heterocycles. The van der Waals surface area contributed by atoms with E-state index in [0.29, 0.717) is 41.5 Å². The fourth-order valence-electron chi connectivity index (χ4n) is 5.09. The molecule has 198 valence electrons. The van der Waals surface area contributed by atoms with Crippen molar-refractivity contribution in [3.05, 3.63) is 111 Å². The molecule has 0 unspecified atom stereocenters. The molecule has 1 aliphatic heterocycles. The fourth-order valence-corrected chi connectivity index (χ4v) is 5.09. The first kappa shape index (κ1) is 24.6. The van der Waals surface area contributed by atoms with Crippen molar-refractivity contribution in [2.75, 3.05) is 14.2 Å². The zero-order chi connectivity index (χ0) is 27.1. The minimum atomic E-state index is -0.652. The Kier molecular flexibility index (Phi) is 6.24. The Morgan fingerprint density at radius 2 is 2.00 bits per heavy atom. The highest BCUT2D eigenvalue weighted by atomic mass is 19.1. The minimum absolute atomic E-state index is 0.234. The summed E-state index contributed by atoms with van der Waals surface area (Å²) < 4.78 is 38.0. The Balaban J connectivity index is 1.48. The largest absolute Gasteiger partial charge is 0.493 e. The maximum Gasteiger partial charge on any atom is 0.439 e. The SMILES string of the molecule is COCc1nc2c(OC)cccn2c1Cc1ccc2c(c1)COc1cc(F)ccc1/C2=C(\C)c1noc(=O)[nH]1. The van der Waals surface area contributed by atoms with Crippen LogP contribution in [0.4, 0.5) is 4.39 Å². The second kappa shape index (κ2) is 9.88. The molecule has 0 amide bonds. The topological polar surface area (TPSA) is 104 Å². The van der Waals surface area contributed by atoms with Crippen molar-refractivity contribution in [1.82, 2.24) is 19.5 Å². The van der Waals surface area contributed by atoms with Crippen molar-refractivity contribution < 1.29 is 23.1 Å². The maximum absolute atomic E-state index is 14.2. The lowest BCUT2D eigenvalue weighted by atomic mass is 9.89. The van der Waals surface area contributed by atoms with Crippen LogP contribution >= 0.6 is 0 Å². The molecule has 39 heavy (non-hydrogen) atoms. The van der Waals surface area contributed by atoms with Crippen molar-refractivity contribution in [3.8, 4) is 11.5 Å². The van der Waals surface area contributed by atoms with Gasteiger partial charge in [-0.05, 0) is 53.5 Å². The number of nitrogens with one attached hydrogen (secondary N) is 1. The molecule has 0 aliphatic carbocycles. The number of ether oxygens (including phenoxy) is 3. The van der Waals surface area contributed by atoms with E-state index in [1.807, 2.05) is 41.8 Å². The number of nitrogens with zero attached hydrogens (tertiary/aromatic N) is 3. The quantitative estimate of drug-likeness (QED) is 0.339. The summed E-state index contributed by atoms with van der Waals surface area (Å²) in [7, 11) is 3.27. The van der Waals surface area contributed by atoms with Gasteiger partial charge in [-0.1, -0.05) is 23.4 Å². The molecule has 5 aromatic rings. The van der Waals surface area contributed by atoms with Gasteiger partial charge in [0, 0.05) is 36.9 Å². The summed E-state index contributed by atoms with van der Waals surface area (Å²) in [6.07, 6.45) is 2.54. The summed E-state index contributed by atoms with van der Waals surface area (Å²) in [6.45, 7) is 2.43. The van der Waals surface area contributed by atoms with Crippen LogP contribution in [0.1, 0.15) is 46.4 Å². The van der Waals surface area contributed by atoms with Gasteiger partial charge in [-0.25, -0.2) is 14.2 Å². The molecule has 1 aliphatic rings. The molecule has 0 radical (unpaired) electrons. The van der Waals surface area contributed by atoms with Crippen LogP contribution in [0.5, 0.6) is 11.5 Å². The zero-order valence-corrected chi connectivity index (χ0v) is 21.6. The van der Waals surface area contributed by atoms with Gasteiger partial charge in [-0.2, -0.15) is 0 Å². The van der Waals surface area contributed by atoms with Crippen LogP contribution in [0.15, 0.2) is 64.0 Å². The van der Waals surface area contributed by atoms with Crippen molar-refractivity contribution in [2.45, 2.75) is 26.6 Å². The van der Waals surface area contributed by atoms with E-state index in [1.54, 1.807) is 20.3 Å². The zero-order valence-electron chi connectivity index (χ0n) is 21.6. The van der Waals surface area contributed by atoms with Gasteiger partial charge in [0.25, 0.3) is 0 Å². The molecule has 3 aromatic heterocycles. The van der Waals surface area contributed by atoms with E-state index in [1.165, 1.54) is 12.1 Å². The van der Waals surface area contributed by atoms with Gasteiger partial charge in [0.2, 0.25) is 0 Å². The summed E-state index contributed by atoms with van der Waals surface area (Å²) in [4.78, 5) is 19.1. The number of hydrogen-bond acceptors (Lipinski definition) is 7. The maximum atomic E-state index is 14.2. The third-order valence-electron chi connectivity index (χ3n) is 6.87. The lowest BCUT2D eigenvalue weighted by molar-refractivity contribution is 0.181. The summed E-state index contributed by atoms with van der Waals surface area (Å²) in [5.41, 5.74) is 7.49. The molecule has 0 spiro atoms. The van der Waals surface area contributed by atoms with Crippen LogP contribution in [0.3, 0.4) is 0 Å². The van der Waals surface area contributed by atoms with Crippen LogP contribution < -0.4 is 15.2 Å². The number of pyridine rings is 1. The first-order valence-corrected chi connectivity index (χ1v) is 12.3. The summed E-state index contributed by atoms with van der Waals surface area (Å²) in [6, 6.07) is 14.4. The highest BCUT2D eigenvalue weighted by molar-refractivity contribution is 5.99. The number of methoxy groups -OCH3 is 2. The van der Waals surface area contributed by atoms with Crippen molar-refractivity contribution in [2.24, 2.45) is 0 Å². The van der Waals surface area contributed by atoms with Crippen molar-refractivity contribution in [1.29, 1.82) is 0 Å². The second-order valence-electron chi connectivity index (χ2n) is 9.25. The number of imidazole rings is 1. The molecule has 2 aromatic carbocycles. The number of H-pyrrole nitrogens is 1. The van der Waals surface area contributed by atoms with E-state index < -0.39 is 11.6 Å². The number of aromatic nitrogens is 4. The van der Waals surface area contributed by atoms with E-state index in [2.05, 4.69) is 16.2 Å². The van der Waals surface area contributed by atoms with Crippen LogP contribution in [0, 0.1) is 5.82 Å². The Morgan fingerprint density at radius 1 is 1.15 bits per heavy atom. The van der Waals surface area contributed by atoms with Crippen molar-refractivity contribution >= 4 is 16.8 Å². The van der Waals surface area contributed by atoms with Gasteiger partial charge < -0.3 is 18.6 Å². The van der Waals surface area contributed by atoms with E-state index in [4.69, 9.17) is 23.7 Å². The van der Waals surface area contributed by atoms with Gasteiger partial charge >= 0.3 is 5.76 Å². The molecule has 1 N–H and O–H groups in total. The first-order chi connectivity index (χ1) is 19.0. The molecular weight excluding hydrogens is 503 g/mol. The molecule has 0 atom stereocenters. The van der Waals surface area contributed by atoms with Gasteiger partial charge in [0.1, 0.15) is 18.2 Å². The molecular formula is C29H25FN4O5. The van der Waals surface area contributed by atoms with Crippen LogP contribution in [-0.4, -0.2) is 33.7 Å². The number of allylic oxidation sites excluding steroid dienone is 1. The highest BCUT2D eigenvalue weighted by Gasteiger charge is 2.24. The molecule has 9 nitrogen and oxygen atoms in total. The van der Waals surface area contributed by atoms with Crippen LogP contribution in [-0.2, 0) is 24.4 Å². The van der Waals surface area contributed by atoms with Crippen LogP contribution in [0.2, 0.25) is 0 Å². The molecule has 0 bridgehead atoms. The number of hydrogen-bond donors (Lipinski definition) is 1. The van der Waals surface area contributed by atoms with Gasteiger partial charge in [-0.3, -0.25) is 9.51 Å². The Hall–Kier alpha value is -4.70. The lowest BCUT2D eigenvalue weighted by Crippen LogP contribution is -2.03. The van der Waals surface area contributed by atoms with Gasteiger partial charge in [0.15, 0.2) is 17.2 Å². The number of fused-ring (bicyclic) bond motifs is 3. The average Bonchev–Trinajstić information content (AvgIpc) is 3.48. The Morgan fingerprint density at radius 3 is 2.77 bits per heavy atom. The minimum Gasteiger partial charge on any atom is -0.493 e. The Bertz CT molecular complexity index is 1800. The highest BCUT2D eigenvalue weighted by Crippen LogP contribution is 2.41. The number of rotatable bonds is 6. The normalized spacial score (nSPS) is 13.9. The van der Waals surface area contributed by atoms with E-state index in [9.17, 15) is 9.18 Å². The Labute approximate surface area is 222 Å². The van der Waals surface area contributed by atoms with E-state index in [0.717, 1.165) is 39.3 Å². The number of aromatic amines is 1. The van der Waals surface area contributed by atoms with Gasteiger partial charge in [0.05, 0.1) is 25.1 Å².